The fourth-order valence-electron chi connectivity index (χ4n) is 2.87. The van der Waals surface area contributed by atoms with Gasteiger partial charge in [0.05, 0.1) is 0 Å². The van der Waals surface area contributed by atoms with Gasteiger partial charge in [-0.1, -0.05) is 49.4 Å². The van der Waals surface area contributed by atoms with Crippen molar-refractivity contribution in [1.82, 2.24) is 5.32 Å². The van der Waals surface area contributed by atoms with E-state index in [9.17, 15) is 0 Å². The molecule has 2 unspecified atom stereocenters. The molecule has 0 aliphatic carbocycles. The van der Waals surface area contributed by atoms with Crippen LogP contribution in [0.3, 0.4) is 0 Å². The number of nitrogens with one attached hydrogen (secondary N) is 1. The van der Waals surface area contributed by atoms with E-state index >= 15 is 0 Å². The van der Waals surface area contributed by atoms with Crippen molar-refractivity contribution in [3.63, 3.8) is 0 Å². The summed E-state index contributed by atoms with van der Waals surface area (Å²) in [5, 5.41) is 6.22. The highest BCUT2D eigenvalue weighted by atomic mass is 14.9. The van der Waals surface area contributed by atoms with Gasteiger partial charge in [-0.2, -0.15) is 0 Å². The molecule has 1 aliphatic heterocycles. The molecule has 0 spiro atoms. The Kier molecular flexibility index (Phi) is 2.86. The summed E-state index contributed by atoms with van der Waals surface area (Å²) in [5.74, 6) is 1.46. The molecule has 0 aromatic heterocycles. The lowest BCUT2D eigenvalue weighted by molar-refractivity contribution is 0.348. The molecule has 0 amide bonds. The van der Waals surface area contributed by atoms with Gasteiger partial charge in [0.1, 0.15) is 0 Å². The Bertz CT molecular complexity index is 518. The SMILES string of the molecule is CC1CCNCC1c1ccc2ccccc2c1. The lowest BCUT2D eigenvalue weighted by atomic mass is 9.82. The summed E-state index contributed by atoms with van der Waals surface area (Å²) in [6.45, 7) is 4.67. The zero-order valence-corrected chi connectivity index (χ0v) is 10.3. The van der Waals surface area contributed by atoms with Crippen LogP contribution in [0.4, 0.5) is 0 Å². The Morgan fingerprint density at radius 3 is 2.71 bits per heavy atom. The zero-order valence-electron chi connectivity index (χ0n) is 10.3. The fraction of sp³-hybridized carbons (Fsp3) is 0.375. The minimum atomic E-state index is 0.674. The molecule has 3 rings (SSSR count). The minimum absolute atomic E-state index is 0.674. The largest absolute Gasteiger partial charge is 0.316 e. The number of benzene rings is 2. The van der Waals surface area contributed by atoms with Crippen LogP contribution in [-0.2, 0) is 0 Å². The first-order valence-corrected chi connectivity index (χ1v) is 6.54. The van der Waals surface area contributed by atoms with Crippen molar-refractivity contribution in [2.45, 2.75) is 19.3 Å². The van der Waals surface area contributed by atoms with Crippen LogP contribution >= 0.6 is 0 Å². The lowest BCUT2D eigenvalue weighted by Crippen LogP contribution is -2.33. The first-order chi connectivity index (χ1) is 8.34. The number of hydrogen-bond donors (Lipinski definition) is 1. The van der Waals surface area contributed by atoms with E-state index in [-0.39, 0.29) is 0 Å². The molecule has 1 N–H and O–H groups in total. The second kappa shape index (κ2) is 4.50. The van der Waals surface area contributed by atoms with E-state index in [0.717, 1.165) is 12.5 Å². The molecule has 2 aromatic carbocycles. The van der Waals surface area contributed by atoms with Crippen LogP contribution in [-0.4, -0.2) is 13.1 Å². The van der Waals surface area contributed by atoms with Crippen LogP contribution in [0.2, 0.25) is 0 Å². The average Bonchev–Trinajstić information content (AvgIpc) is 2.39. The van der Waals surface area contributed by atoms with Gasteiger partial charge in [0.15, 0.2) is 0 Å². The van der Waals surface area contributed by atoms with Crippen LogP contribution in [0.25, 0.3) is 10.8 Å². The molecule has 0 radical (unpaired) electrons. The lowest BCUT2D eigenvalue weighted by Gasteiger charge is -2.30. The number of fused-ring (bicyclic) bond motifs is 1. The van der Waals surface area contributed by atoms with E-state index in [1.807, 2.05) is 0 Å². The van der Waals surface area contributed by atoms with Crippen molar-refractivity contribution >= 4 is 10.8 Å². The molecule has 1 heteroatoms. The Morgan fingerprint density at radius 1 is 1.06 bits per heavy atom. The molecule has 1 fully saturated rings. The fourth-order valence-corrected chi connectivity index (χ4v) is 2.87. The standard InChI is InChI=1S/C16H19N/c1-12-8-9-17-11-16(12)15-7-6-13-4-2-3-5-14(13)10-15/h2-7,10,12,16-17H,8-9,11H2,1H3. The van der Waals surface area contributed by atoms with E-state index in [0.29, 0.717) is 5.92 Å². The number of hydrogen-bond acceptors (Lipinski definition) is 1. The number of rotatable bonds is 1. The summed E-state index contributed by atoms with van der Waals surface area (Å²) < 4.78 is 0. The highest BCUT2D eigenvalue weighted by molar-refractivity contribution is 5.83. The maximum absolute atomic E-state index is 3.51. The van der Waals surface area contributed by atoms with Gasteiger partial charge in [-0.15, -0.1) is 0 Å². The zero-order chi connectivity index (χ0) is 11.7. The monoisotopic (exact) mass is 225 g/mol. The van der Waals surface area contributed by atoms with Crippen LogP contribution in [0.5, 0.6) is 0 Å². The van der Waals surface area contributed by atoms with E-state index < -0.39 is 0 Å². The van der Waals surface area contributed by atoms with Crippen LogP contribution < -0.4 is 5.32 Å². The van der Waals surface area contributed by atoms with Crippen molar-refractivity contribution in [2.24, 2.45) is 5.92 Å². The molecule has 1 aliphatic rings. The van der Waals surface area contributed by atoms with Gasteiger partial charge >= 0.3 is 0 Å². The topological polar surface area (TPSA) is 12.0 Å². The van der Waals surface area contributed by atoms with E-state index in [1.54, 1.807) is 0 Å². The maximum Gasteiger partial charge on any atom is 0.00227 e. The third-order valence-corrected chi connectivity index (χ3v) is 4.03. The Labute approximate surface area is 103 Å². The summed E-state index contributed by atoms with van der Waals surface area (Å²) in [4.78, 5) is 0. The second-order valence-corrected chi connectivity index (χ2v) is 5.18. The molecule has 17 heavy (non-hydrogen) atoms. The maximum atomic E-state index is 3.51. The summed E-state index contributed by atoms with van der Waals surface area (Å²) in [6.07, 6.45) is 1.29. The predicted octanol–water partition coefficient (Wildman–Crippen LogP) is 3.55. The van der Waals surface area contributed by atoms with Crippen molar-refractivity contribution in [3.05, 3.63) is 48.0 Å². The summed E-state index contributed by atoms with van der Waals surface area (Å²) in [5.41, 5.74) is 1.49. The van der Waals surface area contributed by atoms with E-state index in [2.05, 4.69) is 54.7 Å². The Hall–Kier alpha value is -1.34. The summed E-state index contributed by atoms with van der Waals surface area (Å²) in [7, 11) is 0. The summed E-state index contributed by atoms with van der Waals surface area (Å²) >= 11 is 0. The van der Waals surface area contributed by atoms with Gasteiger partial charge in [0.2, 0.25) is 0 Å². The molecule has 1 saturated heterocycles. The van der Waals surface area contributed by atoms with Gasteiger partial charge in [0.25, 0.3) is 0 Å². The van der Waals surface area contributed by atoms with Crippen molar-refractivity contribution in [3.8, 4) is 0 Å². The first kappa shape index (κ1) is 10.8. The number of piperidine rings is 1. The van der Waals surface area contributed by atoms with Gasteiger partial charge < -0.3 is 5.32 Å². The molecular formula is C16H19N. The summed E-state index contributed by atoms with van der Waals surface area (Å²) in [6, 6.07) is 15.5. The van der Waals surface area contributed by atoms with Crippen molar-refractivity contribution < 1.29 is 0 Å². The van der Waals surface area contributed by atoms with Crippen LogP contribution in [0.15, 0.2) is 42.5 Å². The second-order valence-electron chi connectivity index (χ2n) is 5.18. The normalized spacial score (nSPS) is 25.0. The molecule has 88 valence electrons. The third kappa shape index (κ3) is 2.07. The van der Waals surface area contributed by atoms with E-state index in [4.69, 9.17) is 0 Å². The van der Waals surface area contributed by atoms with Crippen molar-refractivity contribution in [1.29, 1.82) is 0 Å². The van der Waals surface area contributed by atoms with E-state index in [1.165, 1.54) is 29.3 Å². The van der Waals surface area contributed by atoms with Gasteiger partial charge in [-0.3, -0.25) is 0 Å². The quantitative estimate of drug-likeness (QED) is 0.782. The molecular weight excluding hydrogens is 206 g/mol. The van der Waals surface area contributed by atoms with Gasteiger partial charge in [0, 0.05) is 6.54 Å². The predicted molar refractivity (Wildman–Crippen MR) is 73.3 cm³/mol. The first-order valence-electron chi connectivity index (χ1n) is 6.54. The average molecular weight is 225 g/mol. The molecule has 1 nitrogen and oxygen atoms in total. The molecule has 2 aromatic rings. The molecule has 1 heterocycles. The highest BCUT2D eigenvalue weighted by Crippen LogP contribution is 2.30. The third-order valence-electron chi connectivity index (χ3n) is 4.03. The molecule has 0 saturated carbocycles. The molecule has 2 atom stereocenters. The smallest absolute Gasteiger partial charge is 0.00227 e. The van der Waals surface area contributed by atoms with Crippen LogP contribution in [0, 0.1) is 5.92 Å². The van der Waals surface area contributed by atoms with Gasteiger partial charge in [-0.25, -0.2) is 0 Å². The molecule has 0 bridgehead atoms. The van der Waals surface area contributed by atoms with Crippen LogP contribution in [0.1, 0.15) is 24.8 Å². The Morgan fingerprint density at radius 2 is 1.88 bits per heavy atom. The van der Waals surface area contributed by atoms with Gasteiger partial charge in [-0.05, 0) is 41.1 Å². The van der Waals surface area contributed by atoms with Crippen molar-refractivity contribution in [2.75, 3.05) is 13.1 Å². The minimum Gasteiger partial charge on any atom is -0.316 e. The Balaban J connectivity index is 1.99. The highest BCUT2D eigenvalue weighted by Gasteiger charge is 2.22.